The summed E-state index contributed by atoms with van der Waals surface area (Å²) in [5.74, 6) is -36.7. The molecule has 0 spiro atoms. The van der Waals surface area contributed by atoms with Crippen molar-refractivity contribution in [3.05, 3.63) is 0 Å². The molecule has 1 atom stereocenters. The van der Waals surface area contributed by atoms with Gasteiger partial charge in [-0.2, -0.15) is 43.9 Å². The zero-order valence-corrected chi connectivity index (χ0v) is 22.7. The van der Waals surface area contributed by atoms with E-state index in [9.17, 15) is 62.3 Å². The summed E-state index contributed by atoms with van der Waals surface area (Å²) in [4.78, 5) is 22.7. The molecule has 0 aromatic carbocycles. The molecule has 1 unspecified atom stereocenters. The maximum absolute atomic E-state index is 13.5. The Bertz CT molecular complexity index is 808. The Labute approximate surface area is 248 Å². The van der Waals surface area contributed by atoms with Crippen LogP contribution in [0.4, 0.5) is 52.7 Å². The maximum atomic E-state index is 13.5. The number of hydrogen-bond acceptors (Lipinski definition) is 4. The molecule has 4 nitrogen and oxygen atoms in total. The minimum atomic E-state index is -7.57. The quantitative estimate of drug-likeness (QED) is 0.154. The highest BCUT2D eigenvalue weighted by molar-refractivity contribution is 5.75. The van der Waals surface area contributed by atoms with E-state index in [2.05, 4.69) is 4.74 Å². The van der Waals surface area contributed by atoms with Crippen molar-refractivity contribution in [3.8, 4) is 0 Å². The van der Waals surface area contributed by atoms with Crippen LogP contribution in [0.15, 0.2) is 0 Å². The third-order valence-corrected chi connectivity index (χ3v) is 5.45. The van der Waals surface area contributed by atoms with Crippen molar-refractivity contribution in [1.29, 1.82) is 0 Å². The highest BCUT2D eigenvalue weighted by Crippen LogP contribution is 2.58. The van der Waals surface area contributed by atoms with E-state index in [1.807, 2.05) is 34.6 Å². The van der Waals surface area contributed by atoms with E-state index < -0.39 is 60.5 Å². The molecular formula is C27H50F12O4. The highest BCUT2D eigenvalue weighted by Gasteiger charge is 2.87. The molecule has 43 heavy (non-hydrogen) atoms. The molecule has 0 saturated carbocycles. The van der Waals surface area contributed by atoms with E-state index in [1.54, 1.807) is 0 Å². The molecule has 0 aliphatic rings. The topological polar surface area (TPSA) is 52.6 Å². The molecule has 0 bridgehead atoms. The van der Waals surface area contributed by atoms with Crippen LogP contribution in [0.25, 0.3) is 0 Å². The first kappa shape index (κ1) is 53.6. The third-order valence-electron chi connectivity index (χ3n) is 5.45. The monoisotopic (exact) mass is 666 g/mol. The molecule has 266 valence electrons. The van der Waals surface area contributed by atoms with E-state index in [4.69, 9.17) is 4.74 Å². The van der Waals surface area contributed by atoms with E-state index >= 15 is 0 Å². The lowest BCUT2D eigenvalue weighted by Crippen LogP contribution is -2.68. The summed E-state index contributed by atoms with van der Waals surface area (Å²) >= 11 is 0. The van der Waals surface area contributed by atoms with Crippen LogP contribution in [0, 0.1) is 11.3 Å². The Hall–Kier alpha value is -1.90. The first-order chi connectivity index (χ1) is 17.0. The molecular weight excluding hydrogens is 616 g/mol. The van der Waals surface area contributed by atoms with Crippen LogP contribution in [0.2, 0.25) is 0 Å². The Morgan fingerprint density at radius 3 is 1.40 bits per heavy atom. The molecule has 0 rings (SSSR count). The van der Waals surface area contributed by atoms with Gasteiger partial charge >= 0.3 is 48.0 Å². The lowest BCUT2D eigenvalue weighted by molar-refractivity contribution is -0.413. The first-order valence-corrected chi connectivity index (χ1v) is 11.6. The molecule has 0 fully saturated rings. The second-order valence-corrected chi connectivity index (χ2v) is 10.3. The van der Waals surface area contributed by atoms with Gasteiger partial charge in [0.2, 0.25) is 0 Å². The standard InChI is InChI=1S/C14H16F12O2.C9H18O2.4CH4/c1-4-9(2,3)8(27)28-6-5-10(17,18)12(21,22)14(25,26)13(23,24)11(19,20)7(15)16;1-6-7(2)8(10)11-9(3,4)5;;;;/h7H,4-6H2,1-3H3;7H,6H2,1-5H3;4*1H4. The lowest BCUT2D eigenvalue weighted by atomic mass is 9.90. The van der Waals surface area contributed by atoms with Gasteiger partial charge < -0.3 is 9.47 Å². The van der Waals surface area contributed by atoms with E-state index in [1.165, 1.54) is 20.8 Å². The molecule has 0 aliphatic heterocycles. The number of alkyl halides is 12. The van der Waals surface area contributed by atoms with Crippen molar-refractivity contribution in [2.45, 2.75) is 146 Å². The maximum Gasteiger partial charge on any atom is 0.384 e. The van der Waals surface area contributed by atoms with Crippen LogP contribution in [0.1, 0.15) is 104 Å². The Morgan fingerprint density at radius 2 is 1.09 bits per heavy atom. The van der Waals surface area contributed by atoms with Crippen LogP contribution in [0.3, 0.4) is 0 Å². The summed E-state index contributed by atoms with van der Waals surface area (Å²) < 4.78 is 165. The smallest absolute Gasteiger partial charge is 0.384 e. The van der Waals surface area contributed by atoms with Gasteiger partial charge in [-0.15, -0.1) is 0 Å². The molecule has 0 amide bonds. The third kappa shape index (κ3) is 12.9. The fraction of sp³-hybridized carbons (Fsp3) is 0.926. The minimum absolute atomic E-state index is 0. The van der Waals surface area contributed by atoms with Crippen LogP contribution < -0.4 is 0 Å². The van der Waals surface area contributed by atoms with Crippen LogP contribution in [-0.2, 0) is 19.1 Å². The van der Waals surface area contributed by atoms with Crippen molar-refractivity contribution >= 4 is 11.9 Å². The van der Waals surface area contributed by atoms with Gasteiger partial charge in [-0.1, -0.05) is 50.5 Å². The SMILES string of the molecule is C.C.C.C.CCC(C)(C)C(=O)OCCC(F)(F)C(F)(F)C(F)(F)C(F)(F)C(F)(F)C(F)F.CCC(C)C(=O)OC(C)(C)C. The average Bonchev–Trinajstić information content (AvgIpc) is 2.76. The van der Waals surface area contributed by atoms with Crippen molar-refractivity contribution in [1.82, 2.24) is 0 Å². The number of esters is 2. The molecule has 0 radical (unpaired) electrons. The summed E-state index contributed by atoms with van der Waals surface area (Å²) in [6, 6.07) is 0. The number of carbonyl (C=O) groups is 2. The summed E-state index contributed by atoms with van der Waals surface area (Å²) in [6.07, 6.45) is -7.08. The Morgan fingerprint density at radius 1 is 0.698 bits per heavy atom. The van der Waals surface area contributed by atoms with Gasteiger partial charge in [-0.3, -0.25) is 9.59 Å². The van der Waals surface area contributed by atoms with E-state index in [0.717, 1.165) is 6.42 Å². The predicted molar refractivity (Wildman–Crippen MR) is 143 cm³/mol. The summed E-state index contributed by atoms with van der Waals surface area (Å²) in [5, 5.41) is 0. The van der Waals surface area contributed by atoms with Crippen molar-refractivity contribution in [2.75, 3.05) is 6.61 Å². The molecule has 0 aromatic rings. The van der Waals surface area contributed by atoms with Gasteiger partial charge in [-0.05, 0) is 47.5 Å². The number of carbonyl (C=O) groups excluding carboxylic acids is 2. The van der Waals surface area contributed by atoms with Gasteiger partial charge in [0, 0.05) is 0 Å². The number of ether oxygens (including phenoxy) is 2. The number of hydrogen-bond donors (Lipinski definition) is 0. The fourth-order valence-corrected chi connectivity index (χ4v) is 2.11. The second-order valence-electron chi connectivity index (χ2n) is 10.3. The van der Waals surface area contributed by atoms with E-state index in [0.29, 0.717) is 0 Å². The van der Waals surface area contributed by atoms with Crippen molar-refractivity contribution in [2.24, 2.45) is 11.3 Å². The predicted octanol–water partition coefficient (Wildman–Crippen LogP) is 10.7. The molecule has 0 heterocycles. The molecule has 0 aromatic heterocycles. The first-order valence-electron chi connectivity index (χ1n) is 11.6. The summed E-state index contributed by atoms with van der Waals surface area (Å²) in [5.41, 5.74) is -1.63. The number of rotatable bonds is 12. The van der Waals surface area contributed by atoms with Crippen LogP contribution in [0.5, 0.6) is 0 Å². The van der Waals surface area contributed by atoms with Gasteiger partial charge in [0.25, 0.3) is 0 Å². The minimum Gasteiger partial charge on any atom is -0.465 e. The van der Waals surface area contributed by atoms with Crippen LogP contribution in [-0.4, -0.2) is 60.2 Å². The second kappa shape index (κ2) is 18.2. The van der Waals surface area contributed by atoms with Crippen molar-refractivity contribution < 1.29 is 71.7 Å². The zero-order chi connectivity index (χ0) is 32.1. The highest BCUT2D eigenvalue weighted by atomic mass is 19.4. The Kier molecular flexibility index (Phi) is 22.7. The van der Waals surface area contributed by atoms with Crippen molar-refractivity contribution in [3.63, 3.8) is 0 Å². The van der Waals surface area contributed by atoms with Crippen LogP contribution >= 0.6 is 0 Å². The lowest BCUT2D eigenvalue weighted by Gasteiger charge is -2.39. The largest absolute Gasteiger partial charge is 0.465 e. The van der Waals surface area contributed by atoms with Gasteiger partial charge in [0.15, 0.2) is 0 Å². The Balaban J connectivity index is -0.000000195. The van der Waals surface area contributed by atoms with E-state index in [-0.39, 0.29) is 53.6 Å². The number of halogens is 12. The fourth-order valence-electron chi connectivity index (χ4n) is 2.11. The zero-order valence-electron chi connectivity index (χ0n) is 22.7. The van der Waals surface area contributed by atoms with Gasteiger partial charge in [0.05, 0.1) is 24.4 Å². The van der Waals surface area contributed by atoms with Gasteiger partial charge in [-0.25, -0.2) is 8.78 Å². The molecule has 16 heteroatoms. The average molecular weight is 667 g/mol. The molecule has 0 saturated heterocycles. The molecule has 0 aliphatic carbocycles. The van der Waals surface area contributed by atoms with Gasteiger partial charge in [0.1, 0.15) is 5.60 Å². The summed E-state index contributed by atoms with van der Waals surface area (Å²) in [6.45, 7) is 11.8. The summed E-state index contributed by atoms with van der Waals surface area (Å²) in [7, 11) is 0. The molecule has 0 N–H and O–H groups in total. The normalized spacial score (nSPS) is 13.5.